The highest BCUT2D eigenvalue weighted by Gasteiger charge is 2.48. The smallest absolute Gasteiger partial charge is 0.325 e. The van der Waals surface area contributed by atoms with Gasteiger partial charge in [0, 0.05) is 12.1 Å². The molecule has 1 saturated heterocycles. The zero-order chi connectivity index (χ0) is 24.0. The minimum atomic E-state index is -1.17. The van der Waals surface area contributed by atoms with Crippen molar-refractivity contribution in [3.8, 4) is 11.5 Å². The number of benzene rings is 2. The summed E-state index contributed by atoms with van der Waals surface area (Å²) >= 11 is 0. The Morgan fingerprint density at radius 3 is 2.33 bits per heavy atom. The molecule has 33 heavy (non-hydrogen) atoms. The predicted octanol–water partition coefficient (Wildman–Crippen LogP) is 3.54. The van der Waals surface area contributed by atoms with Crippen molar-refractivity contribution in [2.45, 2.75) is 45.1 Å². The van der Waals surface area contributed by atoms with Crippen molar-refractivity contribution in [1.29, 1.82) is 0 Å². The number of amides is 4. The number of methoxy groups -OCH3 is 2. The van der Waals surface area contributed by atoms with Gasteiger partial charge in [-0.25, -0.2) is 4.79 Å². The first-order chi connectivity index (χ1) is 15.8. The summed E-state index contributed by atoms with van der Waals surface area (Å²) in [6.45, 7) is 3.43. The Balaban J connectivity index is 1.63. The molecule has 3 rings (SSSR count). The van der Waals surface area contributed by atoms with Crippen molar-refractivity contribution in [3.63, 3.8) is 0 Å². The van der Waals surface area contributed by atoms with E-state index in [1.807, 2.05) is 30.3 Å². The van der Waals surface area contributed by atoms with Crippen LogP contribution in [-0.2, 0) is 22.4 Å². The lowest BCUT2D eigenvalue weighted by atomic mass is 9.92. The molecule has 4 amide bonds. The van der Waals surface area contributed by atoms with Crippen molar-refractivity contribution in [2.24, 2.45) is 0 Å². The molecule has 0 unspecified atom stereocenters. The number of carbonyl (C=O) groups excluding carboxylic acids is 3. The van der Waals surface area contributed by atoms with Gasteiger partial charge in [-0.15, -0.1) is 0 Å². The molecule has 8 nitrogen and oxygen atoms in total. The minimum absolute atomic E-state index is 0.245. The molecular weight excluding hydrogens is 422 g/mol. The van der Waals surface area contributed by atoms with Crippen LogP contribution in [0.25, 0.3) is 0 Å². The number of nitrogens with one attached hydrogen (secondary N) is 2. The lowest BCUT2D eigenvalue weighted by molar-refractivity contribution is -0.133. The van der Waals surface area contributed by atoms with Gasteiger partial charge in [0.25, 0.3) is 5.91 Å². The number of anilines is 1. The molecule has 1 heterocycles. The number of aryl methyl sites for hydroxylation is 1. The van der Waals surface area contributed by atoms with Crippen LogP contribution in [-0.4, -0.2) is 49.0 Å². The molecule has 1 aliphatic rings. The Kier molecular flexibility index (Phi) is 7.58. The number of hydrogen-bond donors (Lipinski definition) is 2. The third-order valence-electron chi connectivity index (χ3n) is 5.71. The standard InChI is InChI=1S/C25H31N3O5/c1-5-6-7-17-8-11-19(12-9-17)26-22(29)16-28-23(30)25(2,27-24(28)31)15-18-10-13-20(32-3)21(14-18)33-4/h8-14H,5-7,15-16H2,1-4H3,(H,26,29)(H,27,31)/t25-/m0/s1. The molecule has 2 aromatic carbocycles. The van der Waals surface area contributed by atoms with E-state index in [0.29, 0.717) is 17.2 Å². The zero-order valence-corrected chi connectivity index (χ0v) is 19.6. The van der Waals surface area contributed by atoms with Gasteiger partial charge < -0.3 is 20.1 Å². The topological polar surface area (TPSA) is 97.0 Å². The Hall–Kier alpha value is -3.55. The lowest BCUT2D eigenvalue weighted by Crippen LogP contribution is -2.46. The van der Waals surface area contributed by atoms with Crippen LogP contribution in [0, 0.1) is 0 Å². The first-order valence-corrected chi connectivity index (χ1v) is 11.0. The second-order valence-electron chi connectivity index (χ2n) is 8.37. The maximum Gasteiger partial charge on any atom is 0.325 e. The maximum atomic E-state index is 13.1. The summed E-state index contributed by atoms with van der Waals surface area (Å²) in [4.78, 5) is 39.1. The molecule has 8 heteroatoms. The van der Waals surface area contributed by atoms with E-state index in [1.165, 1.54) is 12.7 Å². The van der Waals surface area contributed by atoms with Crippen LogP contribution < -0.4 is 20.1 Å². The number of ether oxygens (including phenoxy) is 2. The fourth-order valence-electron chi connectivity index (χ4n) is 3.89. The number of urea groups is 1. The zero-order valence-electron chi connectivity index (χ0n) is 19.6. The van der Waals surface area contributed by atoms with Crippen molar-refractivity contribution in [1.82, 2.24) is 10.2 Å². The van der Waals surface area contributed by atoms with Crippen molar-refractivity contribution >= 4 is 23.5 Å². The van der Waals surface area contributed by atoms with Crippen molar-refractivity contribution < 1.29 is 23.9 Å². The molecule has 1 atom stereocenters. The highest BCUT2D eigenvalue weighted by atomic mass is 16.5. The van der Waals surface area contributed by atoms with Gasteiger partial charge in [0.05, 0.1) is 14.2 Å². The molecule has 1 fully saturated rings. The fourth-order valence-corrected chi connectivity index (χ4v) is 3.89. The van der Waals surface area contributed by atoms with Crippen LogP contribution in [0.2, 0.25) is 0 Å². The van der Waals surface area contributed by atoms with E-state index in [4.69, 9.17) is 9.47 Å². The lowest BCUT2D eigenvalue weighted by Gasteiger charge is -2.22. The number of imide groups is 1. The molecule has 2 aromatic rings. The van der Waals surface area contributed by atoms with E-state index >= 15 is 0 Å². The third-order valence-corrected chi connectivity index (χ3v) is 5.71. The molecule has 0 bridgehead atoms. The van der Waals surface area contributed by atoms with Crippen molar-refractivity contribution in [3.05, 3.63) is 53.6 Å². The molecule has 0 saturated carbocycles. The van der Waals surface area contributed by atoms with Crippen LogP contribution in [0.4, 0.5) is 10.5 Å². The van der Waals surface area contributed by atoms with Crippen molar-refractivity contribution in [2.75, 3.05) is 26.1 Å². The van der Waals surface area contributed by atoms with Gasteiger partial charge in [-0.2, -0.15) is 0 Å². The average Bonchev–Trinajstić information content (AvgIpc) is 3.01. The van der Waals surface area contributed by atoms with Gasteiger partial charge in [-0.3, -0.25) is 14.5 Å². The average molecular weight is 454 g/mol. The fraction of sp³-hybridized carbons (Fsp3) is 0.400. The summed E-state index contributed by atoms with van der Waals surface area (Å²) in [5.41, 5.74) is 1.45. The van der Waals surface area contributed by atoms with Gasteiger partial charge in [-0.1, -0.05) is 31.5 Å². The number of carbonyl (C=O) groups is 3. The van der Waals surface area contributed by atoms with Crippen LogP contribution in [0.15, 0.2) is 42.5 Å². The van der Waals surface area contributed by atoms with E-state index in [0.717, 1.165) is 29.7 Å². The van der Waals surface area contributed by atoms with Gasteiger partial charge in [0.1, 0.15) is 12.1 Å². The van der Waals surface area contributed by atoms with Gasteiger partial charge in [-0.05, 0) is 55.2 Å². The van der Waals surface area contributed by atoms with Crippen LogP contribution in [0.1, 0.15) is 37.8 Å². The third kappa shape index (κ3) is 5.63. The predicted molar refractivity (Wildman–Crippen MR) is 126 cm³/mol. The molecule has 0 radical (unpaired) electrons. The molecule has 1 aliphatic heterocycles. The summed E-state index contributed by atoms with van der Waals surface area (Å²) in [5, 5.41) is 5.48. The SMILES string of the molecule is CCCCc1ccc(NC(=O)CN2C(=O)N[C@@](C)(Cc3ccc(OC)c(OC)c3)C2=O)cc1. The summed E-state index contributed by atoms with van der Waals surface area (Å²) in [6, 6.07) is 12.3. The summed E-state index contributed by atoms with van der Waals surface area (Å²) in [6.07, 6.45) is 3.47. The number of rotatable bonds is 10. The second kappa shape index (κ2) is 10.4. The van der Waals surface area contributed by atoms with E-state index in [9.17, 15) is 14.4 Å². The Bertz CT molecular complexity index is 1020. The first kappa shape index (κ1) is 24.1. The molecule has 2 N–H and O–H groups in total. The largest absolute Gasteiger partial charge is 0.493 e. The maximum absolute atomic E-state index is 13.1. The normalized spacial score (nSPS) is 17.6. The first-order valence-electron chi connectivity index (χ1n) is 11.0. The Morgan fingerprint density at radius 2 is 1.70 bits per heavy atom. The molecule has 0 spiro atoms. The van der Waals surface area contributed by atoms with Gasteiger partial charge in [0.2, 0.25) is 5.91 Å². The van der Waals surface area contributed by atoms with Gasteiger partial charge >= 0.3 is 6.03 Å². The van der Waals surface area contributed by atoms with E-state index in [-0.39, 0.29) is 13.0 Å². The highest BCUT2D eigenvalue weighted by molar-refractivity contribution is 6.10. The molecule has 0 aliphatic carbocycles. The summed E-state index contributed by atoms with van der Waals surface area (Å²) in [7, 11) is 3.08. The van der Waals surface area contributed by atoms with E-state index in [1.54, 1.807) is 26.2 Å². The Labute approximate surface area is 194 Å². The quantitative estimate of drug-likeness (QED) is 0.537. The highest BCUT2D eigenvalue weighted by Crippen LogP contribution is 2.30. The van der Waals surface area contributed by atoms with E-state index in [2.05, 4.69) is 17.6 Å². The Morgan fingerprint density at radius 1 is 1.03 bits per heavy atom. The van der Waals surface area contributed by atoms with Gasteiger partial charge in [0.15, 0.2) is 11.5 Å². The number of unbranched alkanes of at least 4 members (excludes halogenated alkanes) is 1. The monoisotopic (exact) mass is 453 g/mol. The van der Waals surface area contributed by atoms with Crippen LogP contribution in [0.3, 0.4) is 0 Å². The van der Waals surface area contributed by atoms with Crippen LogP contribution >= 0.6 is 0 Å². The molecular formula is C25H31N3O5. The number of nitrogens with zero attached hydrogens (tertiary/aromatic N) is 1. The minimum Gasteiger partial charge on any atom is -0.493 e. The van der Waals surface area contributed by atoms with Crippen LogP contribution in [0.5, 0.6) is 11.5 Å². The second-order valence-corrected chi connectivity index (χ2v) is 8.37. The van der Waals surface area contributed by atoms with E-state index < -0.39 is 23.4 Å². The summed E-state index contributed by atoms with van der Waals surface area (Å²) < 4.78 is 10.6. The summed E-state index contributed by atoms with van der Waals surface area (Å²) in [5.74, 6) is 0.222. The molecule has 176 valence electrons. The number of hydrogen-bond acceptors (Lipinski definition) is 5. The molecule has 0 aromatic heterocycles.